The molecule has 1 aromatic carbocycles. The Labute approximate surface area is 102 Å². The van der Waals surface area contributed by atoms with Crippen LogP contribution in [0.1, 0.15) is 31.2 Å². The first kappa shape index (κ1) is 12.0. The summed E-state index contributed by atoms with van der Waals surface area (Å²) in [5.41, 5.74) is 1.19. The lowest BCUT2D eigenvalue weighted by atomic mass is 10.2. The van der Waals surface area contributed by atoms with Gasteiger partial charge in [0.2, 0.25) is 5.91 Å². The Morgan fingerprint density at radius 3 is 3.00 bits per heavy atom. The van der Waals surface area contributed by atoms with Crippen LogP contribution in [0.4, 0.5) is 0 Å². The molecule has 92 valence electrons. The number of amides is 1. The Bertz CT molecular complexity index is 386. The van der Waals surface area contributed by atoms with Gasteiger partial charge in [0.25, 0.3) is 0 Å². The number of rotatable bonds is 6. The number of ether oxygens (including phenoxy) is 1. The second kappa shape index (κ2) is 5.71. The summed E-state index contributed by atoms with van der Waals surface area (Å²) in [6, 6.07) is 8.42. The van der Waals surface area contributed by atoms with Crippen molar-refractivity contribution in [1.82, 2.24) is 5.32 Å². The quantitative estimate of drug-likeness (QED) is 0.766. The Morgan fingerprint density at radius 1 is 1.47 bits per heavy atom. The Morgan fingerprint density at radius 2 is 2.29 bits per heavy atom. The Hall–Kier alpha value is -1.51. The number of nitrogens with one attached hydrogen (secondary N) is 1. The van der Waals surface area contributed by atoms with E-state index in [0.29, 0.717) is 19.1 Å². The molecule has 1 fully saturated rings. The van der Waals surface area contributed by atoms with Crippen molar-refractivity contribution in [2.75, 3.05) is 6.61 Å². The van der Waals surface area contributed by atoms with Crippen LogP contribution < -0.4 is 10.1 Å². The Balaban J connectivity index is 1.60. The van der Waals surface area contributed by atoms with Gasteiger partial charge in [-0.1, -0.05) is 12.1 Å². The van der Waals surface area contributed by atoms with Gasteiger partial charge in [-0.15, -0.1) is 0 Å². The molecule has 0 heterocycles. The van der Waals surface area contributed by atoms with Crippen LogP contribution in [0.25, 0.3) is 0 Å². The van der Waals surface area contributed by atoms with E-state index in [4.69, 9.17) is 4.74 Å². The van der Waals surface area contributed by atoms with Crippen LogP contribution in [0, 0.1) is 6.92 Å². The van der Waals surface area contributed by atoms with Gasteiger partial charge in [0.15, 0.2) is 0 Å². The molecule has 1 amide bonds. The molecule has 0 aromatic heterocycles. The molecule has 1 aliphatic rings. The predicted molar refractivity (Wildman–Crippen MR) is 67.1 cm³/mol. The summed E-state index contributed by atoms with van der Waals surface area (Å²) in [5.74, 6) is 1.04. The topological polar surface area (TPSA) is 38.3 Å². The highest BCUT2D eigenvalue weighted by Crippen LogP contribution is 2.18. The third-order valence-electron chi connectivity index (χ3n) is 2.75. The summed E-state index contributed by atoms with van der Waals surface area (Å²) >= 11 is 0. The van der Waals surface area contributed by atoms with E-state index in [1.165, 1.54) is 5.56 Å². The number of hydrogen-bond donors (Lipinski definition) is 1. The molecule has 0 unspecified atom stereocenters. The van der Waals surface area contributed by atoms with Crippen molar-refractivity contribution in [3.8, 4) is 5.75 Å². The van der Waals surface area contributed by atoms with Gasteiger partial charge in [-0.3, -0.25) is 4.79 Å². The van der Waals surface area contributed by atoms with Crippen molar-refractivity contribution in [3.63, 3.8) is 0 Å². The van der Waals surface area contributed by atoms with Gasteiger partial charge in [0.05, 0.1) is 6.61 Å². The minimum Gasteiger partial charge on any atom is -0.494 e. The maximum Gasteiger partial charge on any atom is 0.220 e. The number of benzene rings is 1. The third kappa shape index (κ3) is 4.47. The molecule has 0 bridgehead atoms. The van der Waals surface area contributed by atoms with E-state index in [1.54, 1.807) is 0 Å². The predicted octanol–water partition coefficient (Wildman–Crippen LogP) is 2.43. The molecule has 1 aliphatic carbocycles. The lowest BCUT2D eigenvalue weighted by Gasteiger charge is -2.07. The van der Waals surface area contributed by atoms with E-state index in [-0.39, 0.29) is 5.91 Å². The maximum absolute atomic E-state index is 11.4. The van der Waals surface area contributed by atoms with Gasteiger partial charge in [0, 0.05) is 12.5 Å². The molecule has 0 atom stereocenters. The lowest BCUT2D eigenvalue weighted by Crippen LogP contribution is -2.25. The fourth-order valence-corrected chi connectivity index (χ4v) is 1.66. The molecule has 0 spiro atoms. The maximum atomic E-state index is 11.4. The van der Waals surface area contributed by atoms with E-state index in [0.717, 1.165) is 25.0 Å². The minimum absolute atomic E-state index is 0.153. The summed E-state index contributed by atoms with van der Waals surface area (Å²) in [4.78, 5) is 11.4. The molecular weight excluding hydrogens is 214 g/mol. The second-order valence-electron chi connectivity index (χ2n) is 4.61. The first-order chi connectivity index (χ1) is 8.24. The highest BCUT2D eigenvalue weighted by Gasteiger charge is 2.22. The smallest absolute Gasteiger partial charge is 0.220 e. The van der Waals surface area contributed by atoms with Crippen molar-refractivity contribution in [2.45, 2.75) is 38.6 Å². The van der Waals surface area contributed by atoms with Gasteiger partial charge in [-0.2, -0.15) is 0 Å². The van der Waals surface area contributed by atoms with Gasteiger partial charge in [-0.25, -0.2) is 0 Å². The average Bonchev–Trinajstić information content (AvgIpc) is 3.08. The summed E-state index contributed by atoms with van der Waals surface area (Å²) in [5, 5.41) is 2.97. The summed E-state index contributed by atoms with van der Waals surface area (Å²) in [6.45, 7) is 2.64. The van der Waals surface area contributed by atoms with Gasteiger partial charge in [-0.05, 0) is 43.9 Å². The fraction of sp³-hybridized carbons (Fsp3) is 0.500. The van der Waals surface area contributed by atoms with Crippen LogP contribution in [0.3, 0.4) is 0 Å². The molecule has 1 saturated carbocycles. The number of carbonyl (C=O) groups excluding carboxylic acids is 1. The number of carbonyl (C=O) groups is 1. The van der Waals surface area contributed by atoms with E-state index in [2.05, 4.69) is 5.32 Å². The number of aryl methyl sites for hydroxylation is 1. The van der Waals surface area contributed by atoms with Crippen LogP contribution in [0.15, 0.2) is 24.3 Å². The summed E-state index contributed by atoms with van der Waals surface area (Å²) in [7, 11) is 0. The zero-order valence-electron chi connectivity index (χ0n) is 10.2. The fourth-order valence-electron chi connectivity index (χ4n) is 1.66. The molecule has 0 radical (unpaired) electrons. The molecule has 2 rings (SSSR count). The number of hydrogen-bond acceptors (Lipinski definition) is 2. The van der Waals surface area contributed by atoms with E-state index >= 15 is 0 Å². The van der Waals surface area contributed by atoms with Crippen LogP contribution in [0.5, 0.6) is 5.75 Å². The van der Waals surface area contributed by atoms with E-state index in [9.17, 15) is 4.79 Å². The van der Waals surface area contributed by atoms with Crippen LogP contribution in [0.2, 0.25) is 0 Å². The Kier molecular flexibility index (Phi) is 4.02. The zero-order valence-corrected chi connectivity index (χ0v) is 10.2. The zero-order chi connectivity index (χ0) is 12.1. The normalized spacial score (nSPS) is 14.4. The molecule has 1 N–H and O–H groups in total. The molecular formula is C14H19NO2. The average molecular weight is 233 g/mol. The standard InChI is InChI=1S/C14H19NO2/c1-11-4-2-5-13(10-11)17-9-3-6-14(16)15-12-7-8-12/h2,4-5,10,12H,3,6-9H2,1H3,(H,15,16). The van der Waals surface area contributed by atoms with Gasteiger partial charge >= 0.3 is 0 Å². The monoisotopic (exact) mass is 233 g/mol. The van der Waals surface area contributed by atoms with Crippen molar-refractivity contribution in [1.29, 1.82) is 0 Å². The van der Waals surface area contributed by atoms with Crippen LogP contribution in [-0.4, -0.2) is 18.6 Å². The van der Waals surface area contributed by atoms with Crippen molar-refractivity contribution >= 4 is 5.91 Å². The molecule has 3 heteroatoms. The highest BCUT2D eigenvalue weighted by atomic mass is 16.5. The molecule has 17 heavy (non-hydrogen) atoms. The van der Waals surface area contributed by atoms with Crippen molar-refractivity contribution in [2.24, 2.45) is 0 Å². The summed E-state index contributed by atoms with van der Waals surface area (Å²) in [6.07, 6.45) is 3.62. The third-order valence-corrected chi connectivity index (χ3v) is 2.75. The SMILES string of the molecule is Cc1cccc(OCCCC(=O)NC2CC2)c1. The summed E-state index contributed by atoms with van der Waals surface area (Å²) < 4.78 is 5.58. The highest BCUT2D eigenvalue weighted by molar-refractivity contribution is 5.76. The first-order valence-electron chi connectivity index (χ1n) is 6.23. The molecule has 1 aromatic rings. The first-order valence-corrected chi connectivity index (χ1v) is 6.23. The van der Waals surface area contributed by atoms with Crippen molar-refractivity contribution < 1.29 is 9.53 Å². The van der Waals surface area contributed by atoms with Crippen LogP contribution in [-0.2, 0) is 4.79 Å². The van der Waals surface area contributed by atoms with Crippen molar-refractivity contribution in [3.05, 3.63) is 29.8 Å². The van der Waals surface area contributed by atoms with Gasteiger partial charge in [0.1, 0.15) is 5.75 Å². The van der Waals surface area contributed by atoms with E-state index < -0.39 is 0 Å². The molecule has 0 saturated heterocycles. The van der Waals surface area contributed by atoms with Gasteiger partial charge < -0.3 is 10.1 Å². The second-order valence-corrected chi connectivity index (χ2v) is 4.61. The van der Waals surface area contributed by atoms with Crippen LogP contribution >= 0.6 is 0 Å². The molecule has 0 aliphatic heterocycles. The minimum atomic E-state index is 0.153. The van der Waals surface area contributed by atoms with E-state index in [1.807, 2.05) is 31.2 Å². The largest absolute Gasteiger partial charge is 0.494 e. The molecule has 3 nitrogen and oxygen atoms in total. The lowest BCUT2D eigenvalue weighted by molar-refractivity contribution is -0.121.